The van der Waals surface area contributed by atoms with Gasteiger partial charge in [0, 0.05) is 18.0 Å². The number of rotatable bonds is 6. The number of pyridine rings is 1. The molecule has 0 amide bonds. The molecule has 2 aliphatic heterocycles. The van der Waals surface area contributed by atoms with Crippen molar-refractivity contribution in [3.8, 4) is 5.88 Å². The van der Waals surface area contributed by atoms with Crippen LogP contribution >= 0.6 is 11.6 Å². The Morgan fingerprint density at radius 1 is 1.22 bits per heavy atom. The lowest BCUT2D eigenvalue weighted by molar-refractivity contribution is -0.138. The van der Waals surface area contributed by atoms with Crippen molar-refractivity contribution >= 4 is 55.3 Å². The molecule has 15 heteroatoms. The van der Waals surface area contributed by atoms with Gasteiger partial charge in [0.1, 0.15) is 28.9 Å². The predicted molar refractivity (Wildman–Crippen MR) is 142 cm³/mol. The van der Waals surface area contributed by atoms with Gasteiger partial charge in [0.25, 0.3) is 6.43 Å². The molecule has 0 radical (unpaired) electrons. The molecule has 1 aromatic carbocycles. The summed E-state index contributed by atoms with van der Waals surface area (Å²) in [5.41, 5.74) is -1.60. The number of carboxylic acid groups (broad SMARTS) is 1. The fraction of sp³-hybridized carbons (Fsp3) is 0.385. The van der Waals surface area contributed by atoms with Crippen LogP contribution in [0.3, 0.4) is 0 Å². The average Bonchev–Trinajstić information content (AvgIpc) is 3.53. The first-order valence-corrected chi connectivity index (χ1v) is 14.8. The van der Waals surface area contributed by atoms with E-state index in [1.54, 1.807) is 24.3 Å². The second kappa shape index (κ2) is 10.0. The Hall–Kier alpha value is -3.65. The summed E-state index contributed by atoms with van der Waals surface area (Å²) in [6, 6.07) is 6.73. The standard InChI is InChI=1S/C26H22ClF3N4O6S/c27-13-9-16(26(30)5-7-41(37,38)8-6-26)24(31-11-13)39-14-10-17(25(35)36)34(12-14)23-20-19(32-22(33-23)21(28)29)15-3-1-2-4-18(15)40-20/h1-4,9,11,14,17,21H,5-8,10,12H2,(H,35,36)/t14-,17-/m0/s1. The lowest BCUT2D eigenvalue weighted by Gasteiger charge is -2.31. The minimum Gasteiger partial charge on any atom is -0.480 e. The molecule has 0 bridgehead atoms. The minimum absolute atomic E-state index is 0.0353. The molecule has 1 N–H and O–H groups in total. The molecule has 10 nitrogen and oxygen atoms in total. The zero-order chi connectivity index (χ0) is 29.1. The van der Waals surface area contributed by atoms with Gasteiger partial charge in [0.05, 0.1) is 28.6 Å². The second-order valence-corrected chi connectivity index (χ2v) is 12.8. The fourth-order valence-electron chi connectivity index (χ4n) is 5.37. The number of para-hydroxylation sites is 1. The highest BCUT2D eigenvalue weighted by atomic mass is 35.5. The number of aromatic nitrogens is 3. The summed E-state index contributed by atoms with van der Waals surface area (Å²) in [5.74, 6) is -3.06. The van der Waals surface area contributed by atoms with Crippen LogP contribution in [0.25, 0.3) is 22.1 Å². The van der Waals surface area contributed by atoms with Crippen LogP contribution in [-0.4, -0.2) is 64.6 Å². The Kier molecular flexibility index (Phi) is 6.72. The lowest BCUT2D eigenvalue weighted by Crippen LogP contribution is -2.37. The number of carboxylic acids is 1. The topological polar surface area (TPSA) is 136 Å². The molecule has 6 rings (SSSR count). The monoisotopic (exact) mass is 610 g/mol. The second-order valence-electron chi connectivity index (χ2n) is 10.1. The number of furan rings is 1. The third kappa shape index (κ3) is 5.03. The van der Waals surface area contributed by atoms with Crippen molar-refractivity contribution in [3.05, 3.63) is 52.9 Å². The van der Waals surface area contributed by atoms with Gasteiger partial charge < -0.3 is 19.2 Å². The molecule has 0 aliphatic carbocycles. The van der Waals surface area contributed by atoms with Crippen molar-refractivity contribution in [3.63, 3.8) is 0 Å². The number of anilines is 1. The lowest BCUT2D eigenvalue weighted by atomic mass is 9.90. The average molecular weight is 611 g/mol. The molecule has 2 saturated heterocycles. The SMILES string of the molecule is O=C(O)[C@@H]1C[C@H](Oc2ncc(Cl)cc2C2(F)CCS(=O)(=O)CC2)CN1c1nc(C(F)F)nc2c1oc1ccccc12. The Morgan fingerprint density at radius 2 is 1.95 bits per heavy atom. The van der Waals surface area contributed by atoms with E-state index in [0.29, 0.717) is 11.0 Å². The van der Waals surface area contributed by atoms with Crippen LogP contribution in [0.5, 0.6) is 5.88 Å². The van der Waals surface area contributed by atoms with Crippen molar-refractivity contribution in [2.75, 3.05) is 23.0 Å². The molecule has 5 heterocycles. The Labute approximate surface area is 236 Å². The van der Waals surface area contributed by atoms with E-state index in [0.717, 1.165) is 0 Å². The highest BCUT2D eigenvalue weighted by Gasteiger charge is 2.44. The molecule has 2 fully saturated rings. The van der Waals surface area contributed by atoms with Gasteiger partial charge in [-0.3, -0.25) is 0 Å². The van der Waals surface area contributed by atoms with E-state index in [1.165, 1.54) is 17.2 Å². The number of ether oxygens (including phenoxy) is 1. The van der Waals surface area contributed by atoms with E-state index in [9.17, 15) is 27.1 Å². The maximum Gasteiger partial charge on any atom is 0.326 e. The highest BCUT2D eigenvalue weighted by molar-refractivity contribution is 7.91. The number of alkyl halides is 3. The summed E-state index contributed by atoms with van der Waals surface area (Å²) in [4.78, 5) is 25.7. The summed E-state index contributed by atoms with van der Waals surface area (Å²) in [6.07, 6.45) is -3.44. The first kappa shape index (κ1) is 27.5. The van der Waals surface area contributed by atoms with Crippen LogP contribution in [0.2, 0.25) is 5.02 Å². The van der Waals surface area contributed by atoms with Gasteiger partial charge in [0.2, 0.25) is 5.88 Å². The Morgan fingerprint density at radius 3 is 2.66 bits per heavy atom. The van der Waals surface area contributed by atoms with E-state index in [-0.39, 0.29) is 70.7 Å². The molecule has 216 valence electrons. The number of sulfone groups is 1. The van der Waals surface area contributed by atoms with Crippen LogP contribution in [0, 0.1) is 0 Å². The molecule has 41 heavy (non-hydrogen) atoms. The number of halogens is 4. The molecule has 0 saturated carbocycles. The number of aliphatic carboxylic acids is 1. The predicted octanol–water partition coefficient (Wildman–Crippen LogP) is 4.85. The van der Waals surface area contributed by atoms with Crippen LogP contribution < -0.4 is 9.64 Å². The van der Waals surface area contributed by atoms with Gasteiger partial charge in [-0.1, -0.05) is 23.7 Å². The minimum atomic E-state index is -3.38. The number of benzene rings is 1. The van der Waals surface area contributed by atoms with Crippen molar-refractivity contribution in [2.45, 2.75) is 43.5 Å². The molecule has 0 unspecified atom stereocenters. The van der Waals surface area contributed by atoms with Crippen LogP contribution in [-0.2, 0) is 20.3 Å². The van der Waals surface area contributed by atoms with Gasteiger partial charge in [-0.2, -0.15) is 0 Å². The van der Waals surface area contributed by atoms with Gasteiger partial charge in [-0.25, -0.2) is 41.3 Å². The van der Waals surface area contributed by atoms with E-state index in [2.05, 4.69) is 15.0 Å². The number of carbonyl (C=O) groups is 1. The van der Waals surface area contributed by atoms with Crippen molar-refractivity contribution < 1.29 is 40.6 Å². The van der Waals surface area contributed by atoms with E-state index < -0.39 is 45.9 Å². The third-order valence-corrected chi connectivity index (χ3v) is 9.29. The molecule has 0 spiro atoms. The summed E-state index contributed by atoms with van der Waals surface area (Å²) < 4.78 is 79.4. The largest absolute Gasteiger partial charge is 0.480 e. The van der Waals surface area contributed by atoms with Gasteiger partial charge in [-0.05, 0) is 31.0 Å². The molecular weight excluding hydrogens is 589 g/mol. The Bertz CT molecular complexity index is 1770. The summed E-state index contributed by atoms with van der Waals surface area (Å²) >= 11 is 6.09. The summed E-state index contributed by atoms with van der Waals surface area (Å²) in [6.45, 7) is -0.139. The molecule has 2 atom stereocenters. The maximum atomic E-state index is 16.1. The number of nitrogens with zero attached hydrogens (tertiary/aromatic N) is 4. The van der Waals surface area contributed by atoms with Gasteiger partial charge >= 0.3 is 5.97 Å². The van der Waals surface area contributed by atoms with E-state index >= 15 is 4.39 Å². The van der Waals surface area contributed by atoms with Crippen molar-refractivity contribution in [1.82, 2.24) is 15.0 Å². The molecule has 2 aliphatic rings. The summed E-state index contributed by atoms with van der Waals surface area (Å²) in [5, 5.41) is 10.6. The van der Waals surface area contributed by atoms with Crippen LogP contribution in [0.4, 0.5) is 19.0 Å². The molecule has 4 aromatic rings. The smallest absolute Gasteiger partial charge is 0.326 e. The zero-order valence-electron chi connectivity index (χ0n) is 21.1. The highest BCUT2D eigenvalue weighted by Crippen LogP contribution is 2.44. The normalized spacial score (nSPS) is 22.0. The number of hydrogen-bond donors (Lipinski definition) is 1. The van der Waals surface area contributed by atoms with Gasteiger partial charge in [-0.15, -0.1) is 0 Å². The quantitative estimate of drug-likeness (QED) is 0.323. The zero-order valence-corrected chi connectivity index (χ0v) is 22.7. The van der Waals surface area contributed by atoms with E-state index in [1.807, 2.05) is 0 Å². The number of fused-ring (bicyclic) bond motifs is 3. The first-order chi connectivity index (χ1) is 19.4. The molecular formula is C26H22ClF3N4O6S. The fourth-order valence-corrected chi connectivity index (χ4v) is 7.00. The van der Waals surface area contributed by atoms with Gasteiger partial charge in [0.15, 0.2) is 27.1 Å². The molecule has 3 aromatic heterocycles. The number of hydrogen-bond acceptors (Lipinski definition) is 9. The van der Waals surface area contributed by atoms with Crippen LogP contribution in [0.1, 0.15) is 37.1 Å². The van der Waals surface area contributed by atoms with E-state index in [4.69, 9.17) is 20.8 Å². The summed E-state index contributed by atoms with van der Waals surface area (Å²) in [7, 11) is -3.38. The van der Waals surface area contributed by atoms with Crippen LogP contribution in [0.15, 0.2) is 40.9 Å². The maximum absolute atomic E-state index is 16.1. The van der Waals surface area contributed by atoms with Crippen molar-refractivity contribution in [1.29, 1.82) is 0 Å². The Balaban J connectivity index is 1.37. The first-order valence-electron chi connectivity index (χ1n) is 12.6. The third-order valence-electron chi connectivity index (χ3n) is 7.43. The van der Waals surface area contributed by atoms with Crippen molar-refractivity contribution in [2.24, 2.45) is 0 Å².